The van der Waals surface area contributed by atoms with Gasteiger partial charge in [0, 0.05) is 12.8 Å². The van der Waals surface area contributed by atoms with E-state index in [0.717, 1.165) is 57.8 Å². The van der Waals surface area contributed by atoms with Crippen LogP contribution in [0.25, 0.3) is 0 Å². The SMILES string of the molecule is CCCCC/C=C\C/C=C\C/C=C\C/C=C\C/C=C\CCC(=O)OC[C@H](COP(=O)(O)OCC[N+](C)(C)C)OC(=O)CCCCCCCCCCC/C=C\C/C=C\CCCCC. The number of hydrogen-bond acceptors (Lipinski definition) is 7. The standard InChI is InChI=1S/C52H90NO8P/c1-6-8-10-12-14-16-18-20-22-24-26-28-30-32-34-36-38-40-42-44-51(54)58-48-50(49-60-62(56,57)59-47-46-53(3,4)5)61-52(55)45-43-41-39-37-35-33-31-29-27-25-23-21-19-17-15-13-11-9-7-2/h14-17,20-23,26,28,32,34,38,40,50H,6-13,18-19,24-25,27,29-31,33,35-37,39,41-49H2,1-5H3/p+1/b16-14-,17-15-,22-20-,23-21-,28-26-,34-32-,40-38-/t50-/m1/s1. The molecule has 0 bridgehead atoms. The van der Waals surface area contributed by atoms with E-state index in [1.807, 2.05) is 33.3 Å². The van der Waals surface area contributed by atoms with Gasteiger partial charge in [-0.25, -0.2) is 4.57 Å². The van der Waals surface area contributed by atoms with E-state index in [1.165, 1.54) is 83.5 Å². The Balaban J connectivity index is 4.43. The second-order valence-electron chi connectivity index (χ2n) is 17.1. The average molecular weight is 889 g/mol. The Labute approximate surface area is 380 Å². The van der Waals surface area contributed by atoms with E-state index in [2.05, 4.69) is 86.8 Å². The van der Waals surface area contributed by atoms with E-state index in [0.29, 0.717) is 23.9 Å². The van der Waals surface area contributed by atoms with Crippen LogP contribution >= 0.6 is 7.82 Å². The number of rotatable bonds is 43. The summed E-state index contributed by atoms with van der Waals surface area (Å²) in [5.41, 5.74) is 0. The second kappa shape index (κ2) is 43.4. The molecule has 0 aromatic heterocycles. The van der Waals surface area contributed by atoms with Gasteiger partial charge in [0.25, 0.3) is 0 Å². The molecule has 0 aliphatic rings. The Morgan fingerprint density at radius 3 is 1.35 bits per heavy atom. The summed E-state index contributed by atoms with van der Waals surface area (Å²) in [6, 6.07) is 0. The van der Waals surface area contributed by atoms with Crippen LogP contribution in [0.3, 0.4) is 0 Å². The molecule has 2 atom stereocenters. The number of phosphoric acid groups is 1. The number of likely N-dealkylation sites (N-methyl/N-ethyl adjacent to an activating group) is 1. The number of carbonyl (C=O) groups is 2. The average Bonchev–Trinajstić information content (AvgIpc) is 3.23. The number of hydrogen-bond donors (Lipinski definition) is 1. The molecular weight excluding hydrogens is 798 g/mol. The molecule has 356 valence electrons. The molecule has 62 heavy (non-hydrogen) atoms. The predicted molar refractivity (Wildman–Crippen MR) is 261 cm³/mol. The number of nitrogens with zero attached hydrogens (tertiary/aromatic N) is 1. The maximum atomic E-state index is 12.7. The molecule has 0 aliphatic carbocycles. The van der Waals surface area contributed by atoms with Gasteiger partial charge in [-0.2, -0.15) is 0 Å². The molecule has 0 fully saturated rings. The minimum atomic E-state index is -4.40. The van der Waals surface area contributed by atoms with Crippen molar-refractivity contribution in [3.8, 4) is 0 Å². The van der Waals surface area contributed by atoms with E-state index in [-0.39, 0.29) is 26.1 Å². The van der Waals surface area contributed by atoms with Crippen LogP contribution in [-0.2, 0) is 32.7 Å². The third kappa shape index (κ3) is 46.7. The van der Waals surface area contributed by atoms with Gasteiger partial charge in [-0.15, -0.1) is 0 Å². The Bertz CT molecular complexity index is 1330. The molecule has 0 amide bonds. The van der Waals surface area contributed by atoms with Crippen LogP contribution in [0.15, 0.2) is 85.1 Å². The minimum Gasteiger partial charge on any atom is -0.462 e. The normalized spacial score (nSPS) is 14.2. The topological polar surface area (TPSA) is 108 Å². The van der Waals surface area contributed by atoms with Crippen molar-refractivity contribution in [1.29, 1.82) is 0 Å². The highest BCUT2D eigenvalue weighted by atomic mass is 31.2. The molecule has 1 N–H and O–H groups in total. The molecule has 9 nitrogen and oxygen atoms in total. The van der Waals surface area contributed by atoms with E-state index in [1.54, 1.807) is 0 Å². The zero-order valence-electron chi connectivity index (χ0n) is 40.1. The number of quaternary nitrogens is 1. The molecule has 0 aromatic rings. The maximum absolute atomic E-state index is 12.7. The largest absolute Gasteiger partial charge is 0.472 e. The fraction of sp³-hybridized carbons (Fsp3) is 0.692. The first kappa shape index (κ1) is 59.2. The molecular formula is C52H91NO8P+. The van der Waals surface area contributed by atoms with Crippen molar-refractivity contribution in [3.63, 3.8) is 0 Å². The monoisotopic (exact) mass is 889 g/mol. The lowest BCUT2D eigenvalue weighted by Crippen LogP contribution is -2.37. The fourth-order valence-electron chi connectivity index (χ4n) is 6.08. The number of unbranched alkanes of at least 4 members (excludes halogenated alkanes) is 15. The van der Waals surface area contributed by atoms with E-state index >= 15 is 0 Å². The van der Waals surface area contributed by atoms with Gasteiger partial charge in [0.1, 0.15) is 19.8 Å². The van der Waals surface area contributed by atoms with Crippen LogP contribution in [0.4, 0.5) is 0 Å². The highest BCUT2D eigenvalue weighted by Gasteiger charge is 2.27. The molecule has 0 spiro atoms. The van der Waals surface area contributed by atoms with Crippen molar-refractivity contribution in [3.05, 3.63) is 85.1 Å². The summed E-state index contributed by atoms with van der Waals surface area (Å²) in [4.78, 5) is 35.5. The van der Waals surface area contributed by atoms with Crippen molar-refractivity contribution >= 4 is 19.8 Å². The van der Waals surface area contributed by atoms with Crippen LogP contribution in [-0.4, -0.2) is 74.9 Å². The molecule has 0 radical (unpaired) electrons. The quantitative estimate of drug-likeness (QED) is 0.0212. The molecule has 0 aliphatic heterocycles. The Morgan fingerprint density at radius 2 is 0.903 bits per heavy atom. The lowest BCUT2D eigenvalue weighted by molar-refractivity contribution is -0.870. The summed E-state index contributed by atoms with van der Waals surface area (Å²) in [5, 5.41) is 0. The summed E-state index contributed by atoms with van der Waals surface area (Å²) in [6.07, 6.45) is 56.4. The number of ether oxygens (including phenoxy) is 2. The van der Waals surface area contributed by atoms with Crippen LogP contribution in [0.1, 0.15) is 181 Å². The highest BCUT2D eigenvalue weighted by molar-refractivity contribution is 7.47. The minimum absolute atomic E-state index is 0.0157. The van der Waals surface area contributed by atoms with E-state index < -0.39 is 32.5 Å². The van der Waals surface area contributed by atoms with Gasteiger partial charge in [-0.1, -0.05) is 170 Å². The number of carbonyl (C=O) groups excluding carboxylic acids is 2. The van der Waals surface area contributed by atoms with Crippen LogP contribution in [0.5, 0.6) is 0 Å². The molecule has 0 aromatic carbocycles. The highest BCUT2D eigenvalue weighted by Crippen LogP contribution is 2.43. The molecule has 0 heterocycles. The number of allylic oxidation sites excluding steroid dienone is 14. The van der Waals surface area contributed by atoms with Gasteiger partial charge in [-0.3, -0.25) is 18.6 Å². The zero-order valence-corrected chi connectivity index (χ0v) is 41.0. The lowest BCUT2D eigenvalue weighted by Gasteiger charge is -2.24. The molecule has 10 heteroatoms. The smallest absolute Gasteiger partial charge is 0.462 e. The molecule has 0 saturated carbocycles. The summed E-state index contributed by atoms with van der Waals surface area (Å²) < 4.78 is 34.3. The Hall–Kier alpha value is -2.81. The van der Waals surface area contributed by atoms with Gasteiger partial charge in [-0.05, 0) is 83.5 Å². The first-order valence-electron chi connectivity index (χ1n) is 24.3. The first-order chi connectivity index (χ1) is 30.0. The van der Waals surface area contributed by atoms with Gasteiger partial charge < -0.3 is 18.9 Å². The van der Waals surface area contributed by atoms with Crippen molar-refractivity contribution in [2.45, 2.75) is 187 Å². The van der Waals surface area contributed by atoms with Gasteiger partial charge in [0.15, 0.2) is 6.10 Å². The van der Waals surface area contributed by atoms with Crippen molar-refractivity contribution in [2.75, 3.05) is 47.5 Å². The van der Waals surface area contributed by atoms with Crippen LogP contribution in [0.2, 0.25) is 0 Å². The second-order valence-corrected chi connectivity index (χ2v) is 18.6. The molecule has 1 unspecified atom stereocenters. The van der Waals surface area contributed by atoms with Crippen LogP contribution < -0.4 is 0 Å². The Kier molecular flexibility index (Phi) is 41.5. The fourth-order valence-corrected chi connectivity index (χ4v) is 6.83. The first-order valence-corrected chi connectivity index (χ1v) is 25.8. The van der Waals surface area contributed by atoms with Gasteiger partial charge >= 0.3 is 19.8 Å². The van der Waals surface area contributed by atoms with Gasteiger partial charge in [0.05, 0.1) is 27.7 Å². The maximum Gasteiger partial charge on any atom is 0.472 e. The van der Waals surface area contributed by atoms with Gasteiger partial charge in [0.2, 0.25) is 0 Å². The van der Waals surface area contributed by atoms with E-state index in [4.69, 9.17) is 18.5 Å². The van der Waals surface area contributed by atoms with E-state index in [9.17, 15) is 19.0 Å². The van der Waals surface area contributed by atoms with Crippen molar-refractivity contribution in [1.82, 2.24) is 0 Å². The third-order valence-electron chi connectivity index (χ3n) is 9.91. The summed E-state index contributed by atoms with van der Waals surface area (Å²) in [6.45, 7) is 4.27. The number of phosphoric ester groups is 1. The summed E-state index contributed by atoms with van der Waals surface area (Å²) in [5.74, 6) is -0.904. The van der Waals surface area contributed by atoms with Crippen molar-refractivity contribution in [2.24, 2.45) is 0 Å². The van der Waals surface area contributed by atoms with Crippen molar-refractivity contribution < 1.29 is 42.1 Å². The summed E-state index contributed by atoms with van der Waals surface area (Å²) >= 11 is 0. The summed E-state index contributed by atoms with van der Waals surface area (Å²) in [7, 11) is 1.42. The Morgan fingerprint density at radius 1 is 0.500 bits per heavy atom. The molecule has 0 rings (SSSR count). The lowest BCUT2D eigenvalue weighted by atomic mass is 10.1. The predicted octanol–water partition coefficient (Wildman–Crippen LogP) is 14.4. The number of esters is 2. The molecule has 0 saturated heterocycles. The van der Waals surface area contributed by atoms with Crippen LogP contribution in [0, 0.1) is 0 Å². The third-order valence-corrected chi connectivity index (χ3v) is 10.9. The zero-order chi connectivity index (χ0) is 45.7.